The molecular formula is C24H35N4O5P. The molecule has 0 fully saturated rings. The quantitative estimate of drug-likeness (QED) is 0.341. The first-order valence-electron chi connectivity index (χ1n) is 11.0. The Morgan fingerprint density at radius 1 is 0.676 bits per heavy atom. The normalized spacial score (nSPS) is 9.79. The number of aryl methyl sites for hydroxylation is 3. The molecule has 0 aliphatic heterocycles. The van der Waals surface area contributed by atoms with Gasteiger partial charge in [0.15, 0.2) is 37.2 Å². The Balaban J connectivity index is 0.000000428. The molecule has 0 saturated carbocycles. The highest BCUT2D eigenvalue weighted by Crippen LogP contribution is 2.18. The van der Waals surface area contributed by atoms with Gasteiger partial charge in [-0.25, -0.2) is 13.7 Å². The number of carboxylic acids is 1. The lowest BCUT2D eigenvalue weighted by Gasteiger charge is -2.29. The molecule has 9 nitrogen and oxygen atoms in total. The van der Waals surface area contributed by atoms with Crippen LogP contribution in [0.25, 0.3) is 0 Å². The van der Waals surface area contributed by atoms with E-state index in [4.69, 9.17) is 0 Å². The van der Waals surface area contributed by atoms with Crippen molar-refractivity contribution in [1.29, 1.82) is 0 Å². The van der Waals surface area contributed by atoms with Crippen LogP contribution in [0.1, 0.15) is 20.8 Å². The van der Waals surface area contributed by atoms with Crippen molar-refractivity contribution < 1.29 is 38.0 Å². The molecule has 10 heteroatoms. The van der Waals surface area contributed by atoms with Gasteiger partial charge in [-0.3, -0.25) is 0 Å². The number of hydrogen-bond donors (Lipinski definition) is 1. The summed E-state index contributed by atoms with van der Waals surface area (Å²) in [4.78, 5) is 29.2. The highest BCUT2D eigenvalue weighted by molar-refractivity contribution is 7.48. The van der Waals surface area contributed by atoms with Crippen LogP contribution in [-0.4, -0.2) is 18.8 Å². The third kappa shape index (κ3) is 19.7. The smallest absolute Gasteiger partial charge is 0.168 e. The van der Waals surface area contributed by atoms with E-state index < -0.39 is 26.4 Å². The monoisotopic (exact) mass is 490 g/mol. The second-order valence-electron chi connectivity index (χ2n) is 6.69. The number of hydrogen-bond acceptors (Lipinski definition) is 6. The van der Waals surface area contributed by atoms with Crippen molar-refractivity contribution in [3.8, 4) is 0 Å². The van der Waals surface area contributed by atoms with Crippen molar-refractivity contribution in [1.82, 2.24) is 5.32 Å². The number of carbonyl (C=O) groups is 1. The summed E-state index contributed by atoms with van der Waals surface area (Å²) in [5, 5.41) is 11.5. The number of aliphatic carboxylic acids is 1. The maximum Gasteiger partial charge on any atom is 0.168 e. The fourth-order valence-corrected chi connectivity index (χ4v) is 2.62. The molecule has 0 unspecified atom stereocenters. The van der Waals surface area contributed by atoms with Gasteiger partial charge in [0.05, 0.1) is 5.97 Å². The van der Waals surface area contributed by atoms with Crippen LogP contribution >= 0.6 is 7.60 Å². The van der Waals surface area contributed by atoms with E-state index in [1.54, 1.807) is 0 Å². The average Bonchev–Trinajstić information content (AvgIpc) is 2.85. The van der Waals surface area contributed by atoms with E-state index in [1.807, 2.05) is 59.9 Å². The Kier molecular flexibility index (Phi) is 17.8. The lowest BCUT2D eigenvalue weighted by atomic mass is 10.5. The molecule has 0 aromatic carbocycles. The lowest BCUT2D eigenvalue weighted by Crippen LogP contribution is -2.37. The molecule has 0 aliphatic rings. The maximum atomic E-state index is 9.81. The first kappa shape index (κ1) is 31.0. The van der Waals surface area contributed by atoms with Gasteiger partial charge >= 0.3 is 0 Å². The molecule has 0 radical (unpaired) electrons. The van der Waals surface area contributed by atoms with E-state index in [9.17, 15) is 24.3 Å². The van der Waals surface area contributed by atoms with Crippen molar-refractivity contribution in [3.05, 3.63) is 91.8 Å². The van der Waals surface area contributed by atoms with Crippen LogP contribution in [-0.2, 0) is 29.0 Å². The Labute approximate surface area is 202 Å². The van der Waals surface area contributed by atoms with Crippen LogP contribution in [0.2, 0.25) is 0 Å². The fourth-order valence-electron chi connectivity index (χ4n) is 2.23. The molecule has 3 rings (SSSR count). The summed E-state index contributed by atoms with van der Waals surface area (Å²) in [6, 6.07) is 18.2. The van der Waals surface area contributed by atoms with Crippen LogP contribution in [0.4, 0.5) is 0 Å². The lowest BCUT2D eigenvalue weighted by molar-refractivity contribution is -0.693. The topological polar surface area (TPSA) is 127 Å². The summed E-state index contributed by atoms with van der Waals surface area (Å²) in [6.07, 6.45) is 11.5. The number of aromatic nitrogens is 3. The molecule has 3 aromatic heterocycles. The second-order valence-corrected chi connectivity index (χ2v) is 8.22. The molecule has 0 amide bonds. The molecule has 186 valence electrons. The molecule has 34 heavy (non-hydrogen) atoms. The van der Waals surface area contributed by atoms with Gasteiger partial charge in [0.2, 0.25) is 0 Å². The Morgan fingerprint density at radius 3 is 1.15 bits per heavy atom. The summed E-state index contributed by atoms with van der Waals surface area (Å²) in [6.45, 7) is 8.91. The van der Waals surface area contributed by atoms with Crippen molar-refractivity contribution in [3.63, 3.8) is 0 Å². The van der Waals surface area contributed by atoms with E-state index in [2.05, 4.69) is 71.7 Å². The van der Waals surface area contributed by atoms with Gasteiger partial charge in [-0.05, 0) is 20.8 Å². The van der Waals surface area contributed by atoms with Crippen LogP contribution in [0.3, 0.4) is 0 Å². The first-order valence-corrected chi connectivity index (χ1v) is 12.7. The number of nitrogens with one attached hydrogen (secondary N) is 1. The summed E-state index contributed by atoms with van der Waals surface area (Å²) >= 11 is 0. The van der Waals surface area contributed by atoms with Gasteiger partial charge in [0.1, 0.15) is 19.6 Å². The third-order valence-electron chi connectivity index (χ3n) is 4.00. The zero-order valence-electron chi connectivity index (χ0n) is 20.0. The number of carbonyl (C=O) groups excluding carboxylic acids is 1. The predicted molar refractivity (Wildman–Crippen MR) is 122 cm³/mol. The summed E-state index contributed by atoms with van der Waals surface area (Å²) in [5.41, 5.74) is 0. The molecule has 0 aliphatic carbocycles. The van der Waals surface area contributed by atoms with Gasteiger partial charge < -0.3 is 29.6 Å². The zero-order chi connectivity index (χ0) is 25.7. The van der Waals surface area contributed by atoms with Crippen molar-refractivity contribution in [2.75, 3.05) is 12.8 Å². The van der Waals surface area contributed by atoms with Gasteiger partial charge in [-0.1, -0.05) is 25.8 Å². The van der Waals surface area contributed by atoms with Gasteiger partial charge in [0, 0.05) is 49.2 Å². The van der Waals surface area contributed by atoms with E-state index in [0.717, 1.165) is 19.6 Å². The predicted octanol–water partition coefficient (Wildman–Crippen LogP) is -0.821. The molecule has 3 aromatic rings. The number of nitrogens with zero attached hydrogens (tertiary/aromatic N) is 3. The number of pyridine rings is 3. The van der Waals surface area contributed by atoms with Gasteiger partial charge in [0.25, 0.3) is 0 Å². The SMILES string of the molecule is CC[n+]1ccccc1.CC[n+]1ccccc1.CC[n+]1ccccc1.O=C([O-])CNCP(=O)([O-])[O-]. The van der Waals surface area contributed by atoms with Crippen molar-refractivity contribution in [2.24, 2.45) is 0 Å². The Hall–Kier alpha value is -2.97. The van der Waals surface area contributed by atoms with Crippen molar-refractivity contribution in [2.45, 2.75) is 40.4 Å². The van der Waals surface area contributed by atoms with Crippen molar-refractivity contribution >= 4 is 13.6 Å². The molecule has 0 saturated heterocycles. The summed E-state index contributed by atoms with van der Waals surface area (Å²) in [7, 11) is -4.62. The molecule has 0 atom stereocenters. The minimum Gasteiger partial charge on any atom is -0.810 e. The highest BCUT2D eigenvalue weighted by Gasteiger charge is 1.90. The number of rotatable bonds is 7. The van der Waals surface area contributed by atoms with Crippen LogP contribution in [0, 0.1) is 0 Å². The Morgan fingerprint density at radius 2 is 0.971 bits per heavy atom. The molecule has 3 heterocycles. The number of carboxylic acid groups (broad SMARTS) is 1. The average molecular weight is 491 g/mol. The molecule has 0 bridgehead atoms. The minimum atomic E-state index is -4.62. The van der Waals surface area contributed by atoms with Crippen LogP contribution in [0.5, 0.6) is 0 Å². The first-order chi connectivity index (χ1) is 16.2. The highest BCUT2D eigenvalue weighted by atomic mass is 31.2. The van der Waals surface area contributed by atoms with E-state index in [0.29, 0.717) is 0 Å². The molecular weight excluding hydrogens is 455 g/mol. The van der Waals surface area contributed by atoms with Crippen LogP contribution in [0.15, 0.2) is 91.8 Å². The largest absolute Gasteiger partial charge is 0.810 e. The van der Waals surface area contributed by atoms with E-state index in [-0.39, 0.29) is 0 Å². The molecule has 0 spiro atoms. The van der Waals surface area contributed by atoms with E-state index >= 15 is 0 Å². The standard InChI is InChI=1S/3C7H10N.C3H8NO5P/c3*1-2-8-6-4-3-5-7-8;5-3(6)1-4-2-10(7,8)9/h3*3-7H,2H2,1H3;4H,1-2H2,(H,5,6)(H2,7,8,9)/q3*+1;/p-3. The zero-order valence-corrected chi connectivity index (χ0v) is 20.9. The van der Waals surface area contributed by atoms with Gasteiger partial charge in [-0.2, -0.15) is 0 Å². The minimum absolute atomic E-state index is 0.630. The maximum absolute atomic E-state index is 9.81. The second kappa shape index (κ2) is 19.5. The fraction of sp³-hybridized carbons (Fsp3) is 0.333. The summed E-state index contributed by atoms with van der Waals surface area (Å²) < 4.78 is 16.2. The molecule has 1 N–H and O–H groups in total. The Bertz CT molecular complexity index is 832. The summed E-state index contributed by atoms with van der Waals surface area (Å²) in [5.74, 6) is -1.45. The third-order valence-corrected chi connectivity index (χ3v) is 4.61. The van der Waals surface area contributed by atoms with Crippen LogP contribution < -0.4 is 33.9 Å². The van der Waals surface area contributed by atoms with E-state index in [1.165, 1.54) is 0 Å². The van der Waals surface area contributed by atoms with Gasteiger partial charge in [-0.15, -0.1) is 0 Å².